The van der Waals surface area contributed by atoms with Crippen molar-refractivity contribution in [2.45, 2.75) is 6.61 Å². The van der Waals surface area contributed by atoms with Crippen LogP contribution in [-0.4, -0.2) is 12.9 Å². The summed E-state index contributed by atoms with van der Waals surface area (Å²) in [6, 6.07) is 7.32. The highest BCUT2D eigenvalue weighted by molar-refractivity contribution is 5.74. The number of aldehydes is 1. The third-order valence-corrected chi connectivity index (χ3v) is 1.62. The standard InChI is InChI=1S/C11H12O2/c1-2-7-13-9-11-5-3-10(8-12)4-6-11/h2-6,8H,1,7,9H2. The Bertz CT molecular complexity index is 275. The summed E-state index contributed by atoms with van der Waals surface area (Å²) in [5.41, 5.74) is 1.75. The van der Waals surface area contributed by atoms with Gasteiger partial charge >= 0.3 is 0 Å². The highest BCUT2D eigenvalue weighted by Gasteiger charge is 1.92. The van der Waals surface area contributed by atoms with E-state index in [-0.39, 0.29) is 0 Å². The summed E-state index contributed by atoms with van der Waals surface area (Å²) < 4.78 is 5.24. The maximum atomic E-state index is 10.3. The summed E-state index contributed by atoms with van der Waals surface area (Å²) >= 11 is 0. The van der Waals surface area contributed by atoms with Crippen molar-refractivity contribution in [1.29, 1.82) is 0 Å². The minimum atomic E-state index is 0.551. The Kier molecular flexibility index (Phi) is 3.93. The largest absolute Gasteiger partial charge is 0.373 e. The van der Waals surface area contributed by atoms with Crippen LogP contribution in [0.3, 0.4) is 0 Å². The second-order valence-electron chi connectivity index (χ2n) is 2.66. The molecule has 2 nitrogen and oxygen atoms in total. The fraction of sp³-hybridized carbons (Fsp3) is 0.182. The van der Waals surface area contributed by atoms with E-state index in [9.17, 15) is 4.79 Å². The lowest BCUT2D eigenvalue weighted by molar-refractivity contribution is 0.112. The van der Waals surface area contributed by atoms with E-state index >= 15 is 0 Å². The first kappa shape index (κ1) is 9.68. The van der Waals surface area contributed by atoms with Crippen LogP contribution in [0.5, 0.6) is 0 Å². The zero-order valence-electron chi connectivity index (χ0n) is 7.40. The van der Waals surface area contributed by atoms with Crippen LogP contribution in [0.2, 0.25) is 0 Å². The molecule has 0 aliphatic carbocycles. The van der Waals surface area contributed by atoms with E-state index in [2.05, 4.69) is 6.58 Å². The predicted molar refractivity (Wildman–Crippen MR) is 51.7 cm³/mol. The second kappa shape index (κ2) is 5.27. The number of rotatable bonds is 5. The van der Waals surface area contributed by atoms with Crippen LogP contribution in [0, 0.1) is 0 Å². The quantitative estimate of drug-likeness (QED) is 0.390. The molecule has 0 spiro atoms. The summed E-state index contributed by atoms with van der Waals surface area (Å²) in [6.45, 7) is 4.66. The minimum Gasteiger partial charge on any atom is -0.373 e. The Morgan fingerprint density at radius 1 is 1.31 bits per heavy atom. The van der Waals surface area contributed by atoms with Crippen molar-refractivity contribution in [3.8, 4) is 0 Å². The lowest BCUT2D eigenvalue weighted by atomic mass is 10.2. The number of benzene rings is 1. The predicted octanol–water partition coefficient (Wildman–Crippen LogP) is 2.20. The molecule has 0 aromatic heterocycles. The summed E-state index contributed by atoms with van der Waals surface area (Å²) in [6.07, 6.45) is 2.54. The third-order valence-electron chi connectivity index (χ3n) is 1.62. The zero-order chi connectivity index (χ0) is 9.52. The second-order valence-corrected chi connectivity index (χ2v) is 2.66. The number of ether oxygens (including phenoxy) is 1. The molecule has 1 aromatic rings. The van der Waals surface area contributed by atoms with Crippen LogP contribution in [0.15, 0.2) is 36.9 Å². The molecule has 2 heteroatoms. The number of carbonyl (C=O) groups is 1. The molecule has 0 aliphatic heterocycles. The van der Waals surface area contributed by atoms with Gasteiger partial charge in [0.05, 0.1) is 13.2 Å². The van der Waals surface area contributed by atoms with Crippen molar-refractivity contribution in [2.75, 3.05) is 6.61 Å². The van der Waals surface area contributed by atoms with E-state index in [1.165, 1.54) is 0 Å². The Balaban J connectivity index is 2.48. The first-order valence-corrected chi connectivity index (χ1v) is 4.09. The van der Waals surface area contributed by atoms with Gasteiger partial charge in [0.25, 0.3) is 0 Å². The van der Waals surface area contributed by atoms with Gasteiger partial charge in [-0.25, -0.2) is 0 Å². The van der Waals surface area contributed by atoms with Crippen molar-refractivity contribution in [3.63, 3.8) is 0 Å². The molecule has 0 fully saturated rings. The Morgan fingerprint density at radius 3 is 2.54 bits per heavy atom. The van der Waals surface area contributed by atoms with Crippen LogP contribution < -0.4 is 0 Å². The summed E-state index contributed by atoms with van der Waals surface area (Å²) in [5, 5.41) is 0. The highest BCUT2D eigenvalue weighted by Crippen LogP contribution is 2.03. The van der Waals surface area contributed by atoms with Crippen molar-refractivity contribution >= 4 is 6.29 Å². The van der Waals surface area contributed by atoms with Gasteiger partial charge in [-0.05, 0) is 5.56 Å². The van der Waals surface area contributed by atoms with E-state index in [0.717, 1.165) is 11.8 Å². The Hall–Kier alpha value is -1.41. The van der Waals surface area contributed by atoms with E-state index in [1.807, 2.05) is 12.1 Å². The molecular formula is C11H12O2. The van der Waals surface area contributed by atoms with Crippen molar-refractivity contribution in [2.24, 2.45) is 0 Å². The molecule has 0 radical (unpaired) electrons. The van der Waals surface area contributed by atoms with Gasteiger partial charge in [-0.3, -0.25) is 4.79 Å². The van der Waals surface area contributed by atoms with Gasteiger partial charge in [0.15, 0.2) is 0 Å². The van der Waals surface area contributed by atoms with Gasteiger partial charge in [-0.2, -0.15) is 0 Å². The fourth-order valence-corrected chi connectivity index (χ4v) is 0.953. The number of hydrogen-bond donors (Lipinski definition) is 0. The molecular weight excluding hydrogens is 164 g/mol. The first-order valence-electron chi connectivity index (χ1n) is 4.09. The monoisotopic (exact) mass is 176 g/mol. The molecule has 68 valence electrons. The first-order chi connectivity index (χ1) is 6.36. The molecule has 0 heterocycles. The SMILES string of the molecule is C=CCOCc1ccc(C=O)cc1. The van der Waals surface area contributed by atoms with Crippen LogP contribution in [0.1, 0.15) is 15.9 Å². The third kappa shape index (κ3) is 3.22. The number of hydrogen-bond acceptors (Lipinski definition) is 2. The van der Waals surface area contributed by atoms with Gasteiger partial charge < -0.3 is 4.74 Å². The Labute approximate surface area is 77.8 Å². The molecule has 0 atom stereocenters. The summed E-state index contributed by atoms with van der Waals surface area (Å²) in [5.74, 6) is 0. The van der Waals surface area contributed by atoms with Crippen LogP contribution >= 0.6 is 0 Å². The molecule has 1 rings (SSSR count). The maximum absolute atomic E-state index is 10.3. The lowest BCUT2D eigenvalue weighted by Crippen LogP contribution is -1.92. The van der Waals surface area contributed by atoms with Crippen LogP contribution in [0.25, 0.3) is 0 Å². The van der Waals surface area contributed by atoms with E-state index in [1.54, 1.807) is 18.2 Å². The average molecular weight is 176 g/mol. The molecule has 0 N–H and O–H groups in total. The van der Waals surface area contributed by atoms with Gasteiger partial charge in [0.2, 0.25) is 0 Å². The Morgan fingerprint density at radius 2 is 2.00 bits per heavy atom. The van der Waals surface area contributed by atoms with E-state index < -0.39 is 0 Å². The molecule has 0 bridgehead atoms. The van der Waals surface area contributed by atoms with Gasteiger partial charge in [0.1, 0.15) is 6.29 Å². The number of carbonyl (C=O) groups excluding carboxylic acids is 1. The van der Waals surface area contributed by atoms with Crippen LogP contribution in [-0.2, 0) is 11.3 Å². The topological polar surface area (TPSA) is 26.3 Å². The van der Waals surface area contributed by atoms with E-state index in [0.29, 0.717) is 18.8 Å². The fourth-order valence-electron chi connectivity index (χ4n) is 0.953. The van der Waals surface area contributed by atoms with Gasteiger partial charge in [-0.1, -0.05) is 30.3 Å². The van der Waals surface area contributed by atoms with Crippen molar-refractivity contribution in [3.05, 3.63) is 48.0 Å². The molecule has 13 heavy (non-hydrogen) atoms. The van der Waals surface area contributed by atoms with Crippen molar-refractivity contribution < 1.29 is 9.53 Å². The van der Waals surface area contributed by atoms with E-state index in [4.69, 9.17) is 4.74 Å². The average Bonchev–Trinajstić information content (AvgIpc) is 2.19. The van der Waals surface area contributed by atoms with Gasteiger partial charge in [-0.15, -0.1) is 6.58 Å². The molecule has 0 aliphatic rings. The lowest BCUT2D eigenvalue weighted by Gasteiger charge is -2.00. The molecule has 1 aromatic carbocycles. The molecule has 0 amide bonds. The molecule has 0 unspecified atom stereocenters. The normalized spacial score (nSPS) is 9.54. The molecule has 0 saturated carbocycles. The van der Waals surface area contributed by atoms with Crippen molar-refractivity contribution in [1.82, 2.24) is 0 Å². The smallest absolute Gasteiger partial charge is 0.150 e. The zero-order valence-corrected chi connectivity index (χ0v) is 7.40. The summed E-state index contributed by atoms with van der Waals surface area (Å²) in [7, 11) is 0. The molecule has 0 saturated heterocycles. The minimum absolute atomic E-state index is 0.551. The highest BCUT2D eigenvalue weighted by atomic mass is 16.5. The van der Waals surface area contributed by atoms with Gasteiger partial charge in [0, 0.05) is 5.56 Å². The van der Waals surface area contributed by atoms with Crippen LogP contribution in [0.4, 0.5) is 0 Å². The maximum Gasteiger partial charge on any atom is 0.150 e. The summed E-state index contributed by atoms with van der Waals surface area (Å²) in [4.78, 5) is 10.3.